The molecule has 1 amide bonds. The van der Waals surface area contributed by atoms with Gasteiger partial charge >= 0.3 is 0 Å². The lowest BCUT2D eigenvalue weighted by atomic mass is 10.7. The number of primary amides is 1. The quantitative estimate of drug-likeness (QED) is 0.425. The van der Waals surface area contributed by atoms with E-state index >= 15 is 0 Å². The number of carbonyl (C=O) groups is 1. The van der Waals surface area contributed by atoms with E-state index in [1.54, 1.807) is 0 Å². The number of hydrogen-bond donors (Lipinski definition) is 3. The summed E-state index contributed by atoms with van der Waals surface area (Å²) in [6.07, 6.45) is 0. The van der Waals surface area contributed by atoms with Gasteiger partial charge in [0.25, 0.3) is 5.91 Å². The fraction of sp³-hybridized carbons (Fsp3) is 0.750. The molecule has 0 aliphatic heterocycles. The van der Waals surface area contributed by atoms with Crippen molar-refractivity contribution in [1.82, 2.24) is 0 Å². The summed E-state index contributed by atoms with van der Waals surface area (Å²) in [4.78, 5) is 10.1. The zero-order valence-corrected chi connectivity index (χ0v) is 5.73. The SMILES string of the molecule is NCCSC(O)C(N)=O. The Hall–Kier alpha value is -0.260. The minimum atomic E-state index is -1.10. The molecule has 5 N–H and O–H groups in total. The monoisotopic (exact) mass is 150 g/mol. The molecule has 4 nitrogen and oxygen atoms in total. The molecule has 0 aliphatic rings. The van der Waals surface area contributed by atoms with Crippen LogP contribution in [-0.4, -0.2) is 28.7 Å². The second kappa shape index (κ2) is 4.60. The lowest BCUT2D eigenvalue weighted by molar-refractivity contribution is -0.122. The summed E-state index contributed by atoms with van der Waals surface area (Å²) < 4.78 is 0. The van der Waals surface area contributed by atoms with Gasteiger partial charge in [-0.15, -0.1) is 11.8 Å². The van der Waals surface area contributed by atoms with Crippen LogP contribution >= 0.6 is 11.8 Å². The molecule has 0 saturated heterocycles. The molecule has 1 atom stereocenters. The maximum Gasteiger partial charge on any atom is 0.256 e. The Labute approximate surface area is 57.6 Å². The van der Waals surface area contributed by atoms with Crippen molar-refractivity contribution in [3.8, 4) is 0 Å². The van der Waals surface area contributed by atoms with Gasteiger partial charge in [-0.25, -0.2) is 0 Å². The van der Waals surface area contributed by atoms with Crippen molar-refractivity contribution < 1.29 is 9.90 Å². The van der Waals surface area contributed by atoms with Gasteiger partial charge in [-0.1, -0.05) is 0 Å². The zero-order chi connectivity index (χ0) is 7.28. The van der Waals surface area contributed by atoms with Crippen molar-refractivity contribution in [2.24, 2.45) is 11.5 Å². The Bertz CT molecular complexity index is 98.6. The molecule has 0 rings (SSSR count). The van der Waals surface area contributed by atoms with E-state index < -0.39 is 11.3 Å². The van der Waals surface area contributed by atoms with Crippen LogP contribution in [0.2, 0.25) is 0 Å². The molecule has 0 heterocycles. The summed E-state index contributed by atoms with van der Waals surface area (Å²) in [5, 5.41) is 8.69. The number of rotatable bonds is 4. The molecule has 0 fully saturated rings. The van der Waals surface area contributed by atoms with Crippen LogP contribution in [-0.2, 0) is 4.79 Å². The maximum absolute atomic E-state index is 10.1. The molecule has 0 aliphatic carbocycles. The fourth-order valence-electron chi connectivity index (χ4n) is 0.262. The first-order valence-electron chi connectivity index (χ1n) is 2.47. The van der Waals surface area contributed by atoms with Gasteiger partial charge in [-0.2, -0.15) is 0 Å². The van der Waals surface area contributed by atoms with E-state index in [-0.39, 0.29) is 0 Å². The van der Waals surface area contributed by atoms with E-state index in [4.69, 9.17) is 16.6 Å². The first kappa shape index (κ1) is 8.74. The Kier molecular flexibility index (Phi) is 4.47. The lowest BCUT2D eigenvalue weighted by Gasteiger charge is -2.02. The smallest absolute Gasteiger partial charge is 0.256 e. The first-order chi connectivity index (χ1) is 4.18. The Morgan fingerprint density at radius 2 is 2.33 bits per heavy atom. The van der Waals surface area contributed by atoms with Crippen LogP contribution in [0.4, 0.5) is 0 Å². The Balaban J connectivity index is 3.27. The highest BCUT2D eigenvalue weighted by molar-refractivity contribution is 8.00. The van der Waals surface area contributed by atoms with E-state index in [1.165, 1.54) is 0 Å². The number of nitrogens with two attached hydrogens (primary N) is 2. The number of aliphatic hydroxyl groups is 1. The summed E-state index contributed by atoms with van der Waals surface area (Å²) in [6.45, 7) is 0.439. The summed E-state index contributed by atoms with van der Waals surface area (Å²) in [6, 6.07) is 0. The summed E-state index contributed by atoms with van der Waals surface area (Å²) >= 11 is 1.04. The summed E-state index contributed by atoms with van der Waals surface area (Å²) in [7, 11) is 0. The number of carbonyl (C=O) groups excluding carboxylic acids is 1. The average molecular weight is 150 g/mol. The molecule has 0 saturated carbocycles. The number of hydrogen-bond acceptors (Lipinski definition) is 4. The van der Waals surface area contributed by atoms with E-state index in [2.05, 4.69) is 0 Å². The second-order valence-corrected chi connectivity index (χ2v) is 2.60. The fourth-order valence-corrected chi connectivity index (χ4v) is 0.785. The van der Waals surface area contributed by atoms with Gasteiger partial charge in [0.2, 0.25) is 0 Å². The largest absolute Gasteiger partial charge is 0.373 e. The summed E-state index contributed by atoms with van der Waals surface area (Å²) in [5.41, 5.74) is 8.72. The van der Waals surface area contributed by atoms with Crippen LogP contribution in [0, 0.1) is 0 Å². The van der Waals surface area contributed by atoms with Crippen LogP contribution in [0.5, 0.6) is 0 Å². The highest BCUT2D eigenvalue weighted by Gasteiger charge is 2.08. The highest BCUT2D eigenvalue weighted by atomic mass is 32.2. The molecule has 0 bridgehead atoms. The van der Waals surface area contributed by atoms with Crippen molar-refractivity contribution in [1.29, 1.82) is 0 Å². The molecular weight excluding hydrogens is 140 g/mol. The number of amides is 1. The van der Waals surface area contributed by atoms with Crippen molar-refractivity contribution in [3.05, 3.63) is 0 Å². The molecule has 0 radical (unpaired) electrons. The molecule has 0 aromatic heterocycles. The zero-order valence-electron chi connectivity index (χ0n) is 4.91. The van der Waals surface area contributed by atoms with E-state index in [1.807, 2.05) is 0 Å². The van der Waals surface area contributed by atoms with Gasteiger partial charge < -0.3 is 16.6 Å². The van der Waals surface area contributed by atoms with Crippen LogP contribution < -0.4 is 11.5 Å². The Morgan fingerprint density at radius 1 is 1.78 bits per heavy atom. The number of thioether (sulfide) groups is 1. The normalized spacial score (nSPS) is 13.1. The topological polar surface area (TPSA) is 89.3 Å². The van der Waals surface area contributed by atoms with Gasteiger partial charge in [0.05, 0.1) is 0 Å². The second-order valence-electron chi connectivity index (χ2n) is 1.41. The molecule has 1 unspecified atom stereocenters. The molecule has 0 aromatic carbocycles. The molecule has 0 aromatic rings. The first-order valence-corrected chi connectivity index (χ1v) is 3.52. The van der Waals surface area contributed by atoms with Crippen molar-refractivity contribution in [2.45, 2.75) is 5.44 Å². The third-order valence-electron chi connectivity index (χ3n) is 0.637. The third kappa shape index (κ3) is 4.26. The van der Waals surface area contributed by atoms with Gasteiger partial charge in [0.1, 0.15) is 0 Å². The summed E-state index contributed by atoms with van der Waals surface area (Å²) in [5.74, 6) is -0.169. The highest BCUT2D eigenvalue weighted by Crippen LogP contribution is 2.04. The van der Waals surface area contributed by atoms with E-state index in [9.17, 15) is 4.79 Å². The van der Waals surface area contributed by atoms with Crippen molar-refractivity contribution >= 4 is 17.7 Å². The Morgan fingerprint density at radius 3 is 2.67 bits per heavy atom. The minimum Gasteiger partial charge on any atom is -0.373 e. The minimum absolute atomic E-state index is 0.439. The van der Waals surface area contributed by atoms with Crippen molar-refractivity contribution in [2.75, 3.05) is 12.3 Å². The van der Waals surface area contributed by atoms with Gasteiger partial charge in [0.15, 0.2) is 5.44 Å². The lowest BCUT2D eigenvalue weighted by Crippen LogP contribution is -2.26. The van der Waals surface area contributed by atoms with Crippen LogP contribution in [0.3, 0.4) is 0 Å². The van der Waals surface area contributed by atoms with Crippen LogP contribution in [0.15, 0.2) is 0 Å². The molecule has 0 spiro atoms. The van der Waals surface area contributed by atoms with E-state index in [0.29, 0.717) is 12.3 Å². The van der Waals surface area contributed by atoms with E-state index in [0.717, 1.165) is 11.8 Å². The molecule has 5 heteroatoms. The molecule has 54 valence electrons. The van der Waals surface area contributed by atoms with Gasteiger partial charge in [-0.3, -0.25) is 4.79 Å². The predicted molar refractivity (Wildman–Crippen MR) is 36.7 cm³/mol. The predicted octanol–water partition coefficient (Wildman–Crippen LogP) is -1.52. The third-order valence-corrected chi connectivity index (χ3v) is 1.66. The number of aliphatic hydroxyl groups excluding tert-OH is 1. The van der Waals surface area contributed by atoms with Crippen LogP contribution in [0.25, 0.3) is 0 Å². The van der Waals surface area contributed by atoms with Crippen LogP contribution in [0.1, 0.15) is 0 Å². The molecular formula is C4H10N2O2S. The standard InChI is InChI=1S/C4H10N2O2S/c5-1-2-9-4(8)3(6)7/h4,8H,1-2,5H2,(H2,6,7). The van der Waals surface area contributed by atoms with Gasteiger partial charge in [0, 0.05) is 12.3 Å². The maximum atomic E-state index is 10.1. The average Bonchev–Trinajstić information content (AvgIpc) is 1.82. The van der Waals surface area contributed by atoms with Crippen molar-refractivity contribution in [3.63, 3.8) is 0 Å². The molecule has 9 heavy (non-hydrogen) atoms. The van der Waals surface area contributed by atoms with Gasteiger partial charge in [-0.05, 0) is 0 Å².